The van der Waals surface area contributed by atoms with Gasteiger partial charge in [0.1, 0.15) is 6.61 Å². The lowest BCUT2D eigenvalue weighted by molar-refractivity contribution is 0.0605. The van der Waals surface area contributed by atoms with Crippen molar-refractivity contribution in [2.75, 3.05) is 13.2 Å². The highest BCUT2D eigenvalue weighted by Crippen LogP contribution is 1.99. The summed E-state index contributed by atoms with van der Waals surface area (Å²) >= 11 is 9.76. The second kappa shape index (κ2) is 8.08. The van der Waals surface area contributed by atoms with Gasteiger partial charge in [-0.05, 0) is 24.4 Å². The summed E-state index contributed by atoms with van der Waals surface area (Å²) in [5.41, 5.74) is 0. The largest absolute Gasteiger partial charge is 0.483 e. The van der Waals surface area contributed by atoms with Crippen molar-refractivity contribution in [1.82, 2.24) is 0 Å². The van der Waals surface area contributed by atoms with Gasteiger partial charge in [-0.25, -0.2) is 0 Å². The van der Waals surface area contributed by atoms with Crippen LogP contribution in [0, 0.1) is 0 Å². The van der Waals surface area contributed by atoms with Crippen LogP contribution in [0.4, 0.5) is 0 Å². The summed E-state index contributed by atoms with van der Waals surface area (Å²) in [6.07, 6.45) is 0.933. The molecule has 0 aromatic rings. The van der Waals surface area contributed by atoms with Crippen molar-refractivity contribution in [3.05, 3.63) is 0 Å². The van der Waals surface area contributed by atoms with Gasteiger partial charge in [-0.3, -0.25) is 0 Å². The van der Waals surface area contributed by atoms with Crippen molar-refractivity contribution in [1.29, 1.82) is 0 Å². The minimum atomic E-state index is -0.410. The molecule has 0 aliphatic carbocycles. The van der Waals surface area contributed by atoms with Crippen LogP contribution in [0.1, 0.15) is 26.7 Å². The molecule has 1 unspecified atom stereocenters. The average molecular weight is 236 g/mol. The van der Waals surface area contributed by atoms with Gasteiger partial charge < -0.3 is 14.6 Å². The van der Waals surface area contributed by atoms with Crippen LogP contribution in [0.15, 0.2) is 0 Å². The molecule has 3 nitrogen and oxygen atoms in total. The van der Waals surface area contributed by atoms with Gasteiger partial charge in [0, 0.05) is 12.8 Å². The molecule has 0 aliphatic heterocycles. The fraction of sp³-hybridized carbons (Fsp3) is 0.778. The molecular weight excluding hydrogens is 220 g/mol. The molecule has 1 atom stereocenters. The van der Waals surface area contributed by atoms with Crippen LogP contribution in [-0.2, 0) is 9.47 Å². The summed E-state index contributed by atoms with van der Waals surface area (Å²) in [5.74, 6) is 0. The number of hydrogen-bond donors (Lipinski definition) is 1. The predicted octanol–water partition coefficient (Wildman–Crippen LogP) is 1.86. The second-order valence-electron chi connectivity index (χ2n) is 2.68. The van der Waals surface area contributed by atoms with Gasteiger partial charge in [-0.2, -0.15) is 0 Å². The summed E-state index contributed by atoms with van der Waals surface area (Å²) in [5, 5.41) is 9.95. The highest BCUT2D eigenvalue weighted by Gasteiger charge is 2.11. The van der Waals surface area contributed by atoms with Crippen LogP contribution in [-0.4, -0.2) is 34.5 Å². The molecule has 0 saturated heterocycles. The number of aliphatic hydroxyl groups is 1. The molecule has 0 aromatic carbocycles. The zero-order valence-corrected chi connectivity index (χ0v) is 10.1. The number of thiocarbonyl (C=S) groups is 2. The third-order valence-corrected chi connectivity index (χ3v) is 2.30. The van der Waals surface area contributed by atoms with E-state index >= 15 is 0 Å². The first-order chi connectivity index (χ1) is 6.63. The van der Waals surface area contributed by atoms with Crippen LogP contribution < -0.4 is 0 Å². The lowest BCUT2D eigenvalue weighted by Crippen LogP contribution is -2.27. The van der Waals surface area contributed by atoms with E-state index in [0.29, 0.717) is 22.9 Å². The molecule has 0 rings (SSSR count). The minimum absolute atomic E-state index is 0.119. The minimum Gasteiger partial charge on any atom is -0.483 e. The lowest BCUT2D eigenvalue weighted by atomic mass is 10.4. The zero-order valence-electron chi connectivity index (χ0n) is 8.49. The van der Waals surface area contributed by atoms with Gasteiger partial charge in [-0.15, -0.1) is 0 Å². The normalized spacial score (nSPS) is 11.9. The topological polar surface area (TPSA) is 38.7 Å². The standard InChI is InChI=1S/C9H16O3S2/c1-3-8(13)11-6-7(5-10)12-9(14)4-2/h7,10H,3-6H2,1-2H3. The third kappa shape index (κ3) is 6.23. The van der Waals surface area contributed by atoms with Crippen LogP contribution in [0.2, 0.25) is 0 Å². The van der Waals surface area contributed by atoms with Gasteiger partial charge >= 0.3 is 0 Å². The zero-order chi connectivity index (χ0) is 11.0. The number of aliphatic hydroxyl groups excluding tert-OH is 1. The monoisotopic (exact) mass is 236 g/mol. The number of ether oxygens (including phenoxy) is 2. The van der Waals surface area contributed by atoms with Crippen molar-refractivity contribution in [2.24, 2.45) is 0 Å². The van der Waals surface area contributed by atoms with Crippen LogP contribution >= 0.6 is 24.4 Å². The summed E-state index contributed by atoms with van der Waals surface area (Å²) in [4.78, 5) is 0. The highest BCUT2D eigenvalue weighted by atomic mass is 32.1. The molecular formula is C9H16O3S2. The maximum Gasteiger partial charge on any atom is 0.160 e. The molecule has 0 amide bonds. The van der Waals surface area contributed by atoms with Gasteiger partial charge in [0.2, 0.25) is 0 Å². The van der Waals surface area contributed by atoms with Crippen LogP contribution in [0.25, 0.3) is 0 Å². The van der Waals surface area contributed by atoms with E-state index in [1.54, 1.807) is 0 Å². The molecule has 14 heavy (non-hydrogen) atoms. The number of rotatable bonds is 6. The first-order valence-electron chi connectivity index (χ1n) is 4.59. The molecule has 0 aliphatic rings. The molecule has 0 saturated carbocycles. The van der Waals surface area contributed by atoms with Gasteiger partial charge in [-0.1, -0.05) is 13.8 Å². The highest BCUT2D eigenvalue weighted by molar-refractivity contribution is 7.80. The average Bonchev–Trinajstić information content (AvgIpc) is 2.22. The smallest absolute Gasteiger partial charge is 0.160 e. The van der Waals surface area contributed by atoms with Crippen molar-refractivity contribution in [3.8, 4) is 0 Å². The van der Waals surface area contributed by atoms with Crippen molar-refractivity contribution >= 4 is 34.5 Å². The Labute approximate surface area is 95.4 Å². The first kappa shape index (κ1) is 13.7. The molecule has 5 heteroatoms. The van der Waals surface area contributed by atoms with Crippen molar-refractivity contribution in [3.63, 3.8) is 0 Å². The molecule has 0 radical (unpaired) electrons. The Hall–Kier alpha value is -0.260. The molecule has 82 valence electrons. The van der Waals surface area contributed by atoms with E-state index in [1.165, 1.54) is 0 Å². The molecule has 0 aromatic heterocycles. The van der Waals surface area contributed by atoms with Crippen molar-refractivity contribution < 1.29 is 14.6 Å². The third-order valence-electron chi connectivity index (χ3n) is 1.51. The Morgan fingerprint density at radius 1 is 1.21 bits per heavy atom. The Balaban J connectivity index is 3.79. The van der Waals surface area contributed by atoms with Crippen molar-refractivity contribution in [2.45, 2.75) is 32.8 Å². The van der Waals surface area contributed by atoms with E-state index in [4.69, 9.17) is 39.0 Å². The Morgan fingerprint density at radius 2 is 1.79 bits per heavy atom. The van der Waals surface area contributed by atoms with E-state index in [2.05, 4.69) is 0 Å². The fourth-order valence-corrected chi connectivity index (χ4v) is 0.885. The number of hydrogen-bond acceptors (Lipinski definition) is 5. The second-order valence-corrected chi connectivity index (χ2v) is 3.60. The maximum absolute atomic E-state index is 8.95. The van der Waals surface area contributed by atoms with Gasteiger partial charge in [0.15, 0.2) is 16.2 Å². The van der Waals surface area contributed by atoms with E-state index in [9.17, 15) is 0 Å². The predicted molar refractivity (Wildman–Crippen MR) is 63.7 cm³/mol. The molecule has 0 fully saturated rings. The summed E-state index contributed by atoms with van der Waals surface area (Å²) in [6.45, 7) is 3.94. The van der Waals surface area contributed by atoms with E-state index < -0.39 is 6.10 Å². The lowest BCUT2D eigenvalue weighted by Gasteiger charge is -2.17. The van der Waals surface area contributed by atoms with E-state index in [1.807, 2.05) is 13.8 Å². The Bertz CT molecular complexity index is 194. The molecule has 0 heterocycles. The van der Waals surface area contributed by atoms with E-state index in [-0.39, 0.29) is 13.2 Å². The molecule has 0 spiro atoms. The summed E-state index contributed by atoms with van der Waals surface area (Å²) < 4.78 is 10.4. The first-order valence-corrected chi connectivity index (χ1v) is 5.41. The quantitative estimate of drug-likeness (QED) is 0.713. The van der Waals surface area contributed by atoms with Gasteiger partial charge in [0.05, 0.1) is 6.61 Å². The van der Waals surface area contributed by atoms with Gasteiger partial charge in [0.25, 0.3) is 0 Å². The van der Waals surface area contributed by atoms with Crippen LogP contribution in [0.3, 0.4) is 0 Å². The fourth-order valence-electron chi connectivity index (χ4n) is 0.681. The summed E-state index contributed by atoms with van der Waals surface area (Å²) in [7, 11) is 0. The van der Waals surface area contributed by atoms with E-state index in [0.717, 1.165) is 0 Å². The summed E-state index contributed by atoms with van der Waals surface area (Å²) in [6, 6.07) is 0. The Morgan fingerprint density at radius 3 is 2.21 bits per heavy atom. The molecule has 0 bridgehead atoms. The SMILES string of the molecule is CCC(=S)OCC(CO)OC(=S)CC. The Kier molecular flexibility index (Phi) is 7.93. The maximum atomic E-state index is 8.95. The molecule has 1 N–H and O–H groups in total. The van der Waals surface area contributed by atoms with Crippen LogP contribution in [0.5, 0.6) is 0 Å².